The van der Waals surface area contributed by atoms with Gasteiger partial charge in [-0.15, -0.1) is 0 Å². The van der Waals surface area contributed by atoms with Gasteiger partial charge in [-0.05, 0) is 24.7 Å². The maximum absolute atomic E-state index is 6.04. The average Bonchev–Trinajstić information content (AvgIpc) is 2.99. The number of halogens is 1. The van der Waals surface area contributed by atoms with Crippen LogP contribution in [0.3, 0.4) is 0 Å². The largest absolute Gasteiger partial charge is 0.340 e. The molecule has 0 saturated heterocycles. The second-order valence-electron chi connectivity index (χ2n) is 4.88. The summed E-state index contributed by atoms with van der Waals surface area (Å²) in [5, 5.41) is 5.14. The highest BCUT2D eigenvalue weighted by Gasteiger charge is 2.09. The Balaban J connectivity index is 2.00. The molecule has 0 fully saturated rings. The minimum atomic E-state index is 0.660. The molecule has 0 unspecified atom stereocenters. The van der Waals surface area contributed by atoms with Gasteiger partial charge in [-0.2, -0.15) is 0 Å². The molecular weight excluding hydrogens is 272 g/mol. The van der Waals surface area contributed by atoms with Crippen LogP contribution in [-0.4, -0.2) is 21.2 Å². The van der Waals surface area contributed by atoms with Crippen LogP contribution in [0.1, 0.15) is 11.4 Å². The molecule has 3 rings (SSSR count). The molecule has 0 radical (unpaired) electrons. The Morgan fingerprint density at radius 1 is 1.30 bits per heavy atom. The Morgan fingerprint density at radius 2 is 2.15 bits per heavy atom. The summed E-state index contributed by atoms with van der Waals surface area (Å²) in [6.45, 7) is 1.59. The van der Waals surface area contributed by atoms with Crippen molar-refractivity contribution in [3.05, 3.63) is 53.2 Å². The summed E-state index contributed by atoms with van der Waals surface area (Å²) >= 11 is 6.04. The fourth-order valence-electron chi connectivity index (χ4n) is 2.49. The summed E-state index contributed by atoms with van der Waals surface area (Å²) in [5.74, 6) is 0.950. The van der Waals surface area contributed by atoms with Crippen molar-refractivity contribution in [2.24, 2.45) is 7.05 Å². The summed E-state index contributed by atoms with van der Waals surface area (Å²) in [6, 6.07) is 8.54. The number of hydrogen-bond acceptors (Lipinski definition) is 2. The van der Waals surface area contributed by atoms with E-state index < -0.39 is 0 Å². The van der Waals surface area contributed by atoms with Gasteiger partial charge in [0, 0.05) is 30.7 Å². The van der Waals surface area contributed by atoms with Crippen LogP contribution in [0.15, 0.2) is 36.7 Å². The van der Waals surface area contributed by atoms with Crippen LogP contribution in [0.4, 0.5) is 0 Å². The Labute approximate surface area is 123 Å². The number of rotatable bonds is 4. The summed E-state index contributed by atoms with van der Waals surface area (Å²) < 4.78 is 4.11. The van der Waals surface area contributed by atoms with Gasteiger partial charge in [0.2, 0.25) is 0 Å². The first kappa shape index (κ1) is 13.2. The van der Waals surface area contributed by atoms with Crippen molar-refractivity contribution in [3.63, 3.8) is 0 Å². The predicted octanol–water partition coefficient (Wildman–Crippen LogP) is 2.80. The van der Waals surface area contributed by atoms with Crippen molar-refractivity contribution in [1.82, 2.24) is 19.4 Å². The van der Waals surface area contributed by atoms with E-state index in [4.69, 9.17) is 11.6 Å². The van der Waals surface area contributed by atoms with Gasteiger partial charge in [0.05, 0.1) is 12.7 Å². The number of nitrogens with one attached hydrogen (secondary N) is 1. The summed E-state index contributed by atoms with van der Waals surface area (Å²) in [7, 11) is 3.90. The smallest absolute Gasteiger partial charge is 0.129 e. The summed E-state index contributed by atoms with van der Waals surface area (Å²) in [4.78, 5) is 4.35. The molecule has 0 amide bonds. The zero-order valence-corrected chi connectivity index (χ0v) is 12.4. The predicted molar refractivity (Wildman–Crippen MR) is 82.0 cm³/mol. The fraction of sp³-hybridized carbons (Fsp3) is 0.267. The van der Waals surface area contributed by atoms with Gasteiger partial charge in [-0.3, -0.25) is 0 Å². The second kappa shape index (κ2) is 5.31. The van der Waals surface area contributed by atoms with Crippen LogP contribution in [-0.2, 0) is 20.1 Å². The van der Waals surface area contributed by atoms with Crippen molar-refractivity contribution in [3.8, 4) is 0 Å². The van der Waals surface area contributed by atoms with E-state index in [1.54, 1.807) is 6.20 Å². The van der Waals surface area contributed by atoms with Gasteiger partial charge in [0.1, 0.15) is 11.0 Å². The van der Waals surface area contributed by atoms with E-state index >= 15 is 0 Å². The zero-order chi connectivity index (χ0) is 14.1. The molecule has 1 aromatic carbocycles. The first-order valence-corrected chi connectivity index (χ1v) is 6.96. The van der Waals surface area contributed by atoms with E-state index in [0.717, 1.165) is 18.9 Å². The van der Waals surface area contributed by atoms with Gasteiger partial charge in [0.25, 0.3) is 0 Å². The zero-order valence-electron chi connectivity index (χ0n) is 11.6. The first-order chi connectivity index (χ1) is 9.70. The Hall–Kier alpha value is -1.78. The SMILES string of the molecule is CNCc1cccc2c1ccn2Cc1ncc(Cl)n1C. The van der Waals surface area contributed by atoms with Crippen LogP contribution < -0.4 is 5.32 Å². The number of imidazole rings is 1. The van der Waals surface area contributed by atoms with E-state index in [-0.39, 0.29) is 0 Å². The monoisotopic (exact) mass is 288 g/mol. The number of benzene rings is 1. The van der Waals surface area contributed by atoms with Crippen molar-refractivity contribution in [2.75, 3.05) is 7.05 Å². The molecule has 0 bridgehead atoms. The normalized spacial score (nSPS) is 11.3. The summed E-state index contributed by atoms with van der Waals surface area (Å²) in [5.41, 5.74) is 2.53. The van der Waals surface area contributed by atoms with Gasteiger partial charge in [0.15, 0.2) is 0 Å². The van der Waals surface area contributed by atoms with Crippen LogP contribution in [0.2, 0.25) is 5.15 Å². The van der Waals surface area contributed by atoms with Crippen LogP contribution in [0, 0.1) is 0 Å². The maximum atomic E-state index is 6.04. The van der Waals surface area contributed by atoms with Gasteiger partial charge < -0.3 is 14.5 Å². The molecule has 2 aromatic heterocycles. The van der Waals surface area contributed by atoms with E-state index in [1.807, 2.05) is 18.7 Å². The molecular formula is C15H17ClN4. The lowest BCUT2D eigenvalue weighted by atomic mass is 10.1. The molecule has 5 heteroatoms. The highest BCUT2D eigenvalue weighted by Crippen LogP contribution is 2.21. The third kappa shape index (κ3) is 2.21. The molecule has 104 valence electrons. The number of hydrogen-bond donors (Lipinski definition) is 1. The van der Waals surface area contributed by atoms with Gasteiger partial charge >= 0.3 is 0 Å². The lowest BCUT2D eigenvalue weighted by Crippen LogP contribution is -2.06. The van der Waals surface area contributed by atoms with E-state index in [9.17, 15) is 0 Å². The highest BCUT2D eigenvalue weighted by atomic mass is 35.5. The molecule has 0 spiro atoms. The molecule has 1 N–H and O–H groups in total. The quantitative estimate of drug-likeness (QED) is 0.801. The number of fused-ring (bicyclic) bond motifs is 1. The van der Waals surface area contributed by atoms with Crippen molar-refractivity contribution < 1.29 is 0 Å². The van der Waals surface area contributed by atoms with Crippen molar-refractivity contribution >= 4 is 22.5 Å². The van der Waals surface area contributed by atoms with E-state index in [1.165, 1.54) is 16.5 Å². The number of nitrogens with zero attached hydrogens (tertiary/aromatic N) is 3. The molecule has 2 heterocycles. The lowest BCUT2D eigenvalue weighted by molar-refractivity contribution is 0.718. The van der Waals surface area contributed by atoms with Crippen LogP contribution >= 0.6 is 11.6 Å². The number of aromatic nitrogens is 3. The Kier molecular flexibility index (Phi) is 3.51. The summed E-state index contributed by atoms with van der Waals surface area (Å²) in [6.07, 6.45) is 3.79. The van der Waals surface area contributed by atoms with E-state index in [0.29, 0.717) is 5.15 Å². The lowest BCUT2D eigenvalue weighted by Gasteiger charge is -2.07. The minimum absolute atomic E-state index is 0.660. The minimum Gasteiger partial charge on any atom is -0.340 e. The van der Waals surface area contributed by atoms with Crippen molar-refractivity contribution in [1.29, 1.82) is 0 Å². The van der Waals surface area contributed by atoms with Crippen molar-refractivity contribution in [2.45, 2.75) is 13.1 Å². The third-order valence-electron chi connectivity index (χ3n) is 3.61. The standard InChI is InChI=1S/C15H17ClN4/c1-17-8-11-4-3-5-13-12(11)6-7-20(13)10-15-18-9-14(16)19(15)2/h3-7,9,17H,8,10H2,1-2H3. The molecule has 20 heavy (non-hydrogen) atoms. The molecule has 0 aliphatic carbocycles. The van der Waals surface area contributed by atoms with Gasteiger partial charge in [-0.1, -0.05) is 23.7 Å². The Morgan fingerprint density at radius 3 is 2.85 bits per heavy atom. The highest BCUT2D eigenvalue weighted by molar-refractivity contribution is 6.29. The topological polar surface area (TPSA) is 34.8 Å². The fourth-order valence-corrected chi connectivity index (χ4v) is 2.64. The van der Waals surface area contributed by atoms with Crippen LogP contribution in [0.25, 0.3) is 10.9 Å². The van der Waals surface area contributed by atoms with E-state index in [2.05, 4.69) is 45.3 Å². The Bertz CT molecular complexity index is 741. The van der Waals surface area contributed by atoms with Crippen LogP contribution in [0.5, 0.6) is 0 Å². The molecule has 3 aromatic rings. The third-order valence-corrected chi connectivity index (χ3v) is 3.96. The molecule has 0 atom stereocenters. The molecule has 0 saturated carbocycles. The maximum Gasteiger partial charge on any atom is 0.129 e. The molecule has 4 nitrogen and oxygen atoms in total. The first-order valence-electron chi connectivity index (χ1n) is 6.58. The second-order valence-corrected chi connectivity index (χ2v) is 5.27. The van der Waals surface area contributed by atoms with Gasteiger partial charge in [-0.25, -0.2) is 4.98 Å². The molecule has 0 aliphatic heterocycles. The average molecular weight is 289 g/mol. The molecule has 0 aliphatic rings.